The molecule has 1 unspecified atom stereocenters. The smallest absolute Gasteiger partial charge is 0.315 e. The van der Waals surface area contributed by atoms with E-state index in [1.807, 2.05) is 49.4 Å². The third-order valence-electron chi connectivity index (χ3n) is 7.16. The van der Waals surface area contributed by atoms with Crippen LogP contribution in [0.5, 0.6) is 17.2 Å². The molecule has 5 rings (SSSR count). The summed E-state index contributed by atoms with van der Waals surface area (Å²) >= 11 is 1.72. The average molecular weight is 522 g/mol. The van der Waals surface area contributed by atoms with Crippen molar-refractivity contribution in [3.63, 3.8) is 0 Å². The SMILES string of the molecule is CCSCCOC(=O)C1C(C)=NC2=C(C(=O)C[C@H](c3ccc(OC)cc3)C2)[C@H]1c1ccc2c(c1)OCO2. The number of carbonyl (C=O) groups excluding carboxylic acids is 2. The minimum Gasteiger partial charge on any atom is -0.497 e. The van der Waals surface area contributed by atoms with Gasteiger partial charge < -0.3 is 18.9 Å². The highest BCUT2D eigenvalue weighted by Crippen LogP contribution is 2.48. The van der Waals surface area contributed by atoms with Gasteiger partial charge in [0.05, 0.1) is 7.11 Å². The summed E-state index contributed by atoms with van der Waals surface area (Å²) in [6, 6.07) is 13.5. The molecule has 8 heteroatoms. The molecule has 0 fully saturated rings. The molecule has 2 heterocycles. The Kier molecular flexibility index (Phi) is 7.55. The quantitative estimate of drug-likeness (QED) is 0.345. The van der Waals surface area contributed by atoms with Crippen molar-refractivity contribution in [2.24, 2.45) is 10.9 Å². The van der Waals surface area contributed by atoms with Gasteiger partial charge in [-0.2, -0.15) is 11.8 Å². The van der Waals surface area contributed by atoms with Crippen LogP contribution in [0.4, 0.5) is 0 Å². The molecule has 3 aliphatic rings. The van der Waals surface area contributed by atoms with Crippen molar-refractivity contribution in [3.8, 4) is 17.2 Å². The van der Waals surface area contributed by atoms with Crippen molar-refractivity contribution >= 4 is 29.2 Å². The maximum Gasteiger partial charge on any atom is 0.315 e. The van der Waals surface area contributed by atoms with Crippen molar-refractivity contribution in [2.45, 2.75) is 38.5 Å². The number of allylic oxidation sites excluding steroid dienone is 2. The first-order chi connectivity index (χ1) is 18.0. The summed E-state index contributed by atoms with van der Waals surface area (Å²) in [5.41, 5.74) is 3.93. The minimum absolute atomic E-state index is 0.0142. The number of hydrogen-bond acceptors (Lipinski definition) is 8. The van der Waals surface area contributed by atoms with Crippen LogP contribution in [-0.2, 0) is 14.3 Å². The molecule has 194 valence electrons. The van der Waals surface area contributed by atoms with Crippen molar-refractivity contribution < 1.29 is 28.5 Å². The summed E-state index contributed by atoms with van der Waals surface area (Å²) in [7, 11) is 1.64. The first-order valence-electron chi connectivity index (χ1n) is 12.6. The zero-order chi connectivity index (χ0) is 25.9. The zero-order valence-corrected chi connectivity index (χ0v) is 22.1. The van der Waals surface area contributed by atoms with Crippen molar-refractivity contribution in [1.29, 1.82) is 0 Å². The normalized spacial score (nSPS) is 22.4. The molecular weight excluding hydrogens is 490 g/mol. The van der Waals surface area contributed by atoms with Crippen LogP contribution in [0, 0.1) is 5.92 Å². The summed E-state index contributed by atoms with van der Waals surface area (Å²) in [4.78, 5) is 32.0. The van der Waals surface area contributed by atoms with Crippen LogP contribution in [0.2, 0.25) is 0 Å². The standard InChI is InChI=1S/C29H31NO6S/c1-4-37-12-11-34-29(32)26-17(2)30-22-13-20(18-5-8-21(33-3)9-6-18)14-23(31)28(22)27(26)19-7-10-24-25(15-19)36-16-35-24/h5-10,15,20,26-27H,4,11-14,16H2,1-3H3/t20-,26?,27+/m1/s1. The molecule has 0 amide bonds. The molecule has 3 atom stereocenters. The van der Waals surface area contributed by atoms with Crippen molar-refractivity contribution in [2.75, 3.05) is 32.0 Å². The lowest BCUT2D eigenvalue weighted by atomic mass is 9.69. The second-order valence-electron chi connectivity index (χ2n) is 9.35. The largest absolute Gasteiger partial charge is 0.497 e. The maximum atomic E-state index is 13.8. The van der Waals surface area contributed by atoms with E-state index < -0.39 is 11.8 Å². The first-order valence-corrected chi connectivity index (χ1v) is 13.7. The minimum atomic E-state index is -0.674. The Morgan fingerprint density at radius 1 is 1.08 bits per heavy atom. The summed E-state index contributed by atoms with van der Waals surface area (Å²) < 4.78 is 22.1. The van der Waals surface area contributed by atoms with E-state index in [4.69, 9.17) is 23.9 Å². The number of fused-ring (bicyclic) bond motifs is 1. The fraction of sp³-hybridized carbons (Fsp3) is 0.414. The molecule has 0 spiro atoms. The number of ether oxygens (including phenoxy) is 4. The number of carbonyl (C=O) groups is 2. The van der Waals surface area contributed by atoms with Crippen LogP contribution >= 0.6 is 11.8 Å². The number of Topliss-reactive ketones (excluding diaryl/α,β-unsaturated/α-hetero) is 1. The van der Waals surface area contributed by atoms with Crippen molar-refractivity contribution in [1.82, 2.24) is 0 Å². The van der Waals surface area contributed by atoms with Gasteiger partial charge in [-0.1, -0.05) is 25.1 Å². The molecule has 2 aromatic rings. The molecule has 0 aromatic heterocycles. The van der Waals surface area contributed by atoms with Gasteiger partial charge in [0.15, 0.2) is 17.3 Å². The lowest BCUT2D eigenvalue weighted by Gasteiger charge is -2.36. The molecular formula is C29H31NO6S. The highest BCUT2D eigenvalue weighted by atomic mass is 32.2. The second kappa shape index (κ2) is 11.0. The number of thioether (sulfide) groups is 1. The van der Waals surface area contributed by atoms with Gasteiger partial charge in [-0.05, 0) is 60.4 Å². The first kappa shape index (κ1) is 25.4. The Hall–Kier alpha value is -3.26. The lowest BCUT2D eigenvalue weighted by molar-refractivity contribution is -0.145. The van der Waals surface area contributed by atoms with Crippen LogP contribution < -0.4 is 14.2 Å². The highest BCUT2D eigenvalue weighted by Gasteiger charge is 2.45. The summed E-state index contributed by atoms with van der Waals surface area (Å²) in [6.07, 6.45) is 0.983. The topological polar surface area (TPSA) is 83.4 Å². The van der Waals surface area contributed by atoms with E-state index in [1.54, 1.807) is 18.9 Å². The molecule has 0 saturated heterocycles. The molecule has 37 heavy (non-hydrogen) atoms. The van der Waals surface area contributed by atoms with Crippen LogP contribution in [0.3, 0.4) is 0 Å². The monoisotopic (exact) mass is 521 g/mol. The van der Waals surface area contributed by atoms with E-state index in [0.29, 0.717) is 42.2 Å². The Bertz CT molecular complexity index is 1250. The molecule has 0 saturated carbocycles. The number of esters is 1. The third kappa shape index (κ3) is 5.12. The Morgan fingerprint density at radius 3 is 2.59 bits per heavy atom. The number of nitrogens with zero attached hydrogens (tertiary/aromatic N) is 1. The van der Waals surface area contributed by atoms with E-state index >= 15 is 0 Å². The number of benzene rings is 2. The second-order valence-corrected chi connectivity index (χ2v) is 10.7. The van der Waals surface area contributed by atoms with Crippen LogP contribution in [-0.4, -0.2) is 49.5 Å². The van der Waals surface area contributed by atoms with Gasteiger partial charge in [-0.3, -0.25) is 14.6 Å². The Labute approximate surface area is 221 Å². The highest BCUT2D eigenvalue weighted by molar-refractivity contribution is 7.99. The van der Waals surface area contributed by atoms with E-state index in [1.165, 1.54) is 0 Å². The lowest BCUT2D eigenvalue weighted by Crippen LogP contribution is -2.38. The molecule has 0 radical (unpaired) electrons. The van der Waals surface area contributed by atoms with Gasteiger partial charge in [0, 0.05) is 35.1 Å². The predicted molar refractivity (Wildman–Crippen MR) is 143 cm³/mol. The van der Waals surface area contributed by atoms with Crippen LogP contribution in [0.15, 0.2) is 58.7 Å². The number of methoxy groups -OCH3 is 1. The molecule has 2 aromatic carbocycles. The number of ketones is 1. The van der Waals surface area contributed by atoms with Crippen molar-refractivity contribution in [3.05, 3.63) is 64.9 Å². The summed E-state index contributed by atoms with van der Waals surface area (Å²) in [5.74, 6) is 2.26. The maximum absolute atomic E-state index is 13.8. The van der Waals surface area contributed by atoms with Crippen LogP contribution in [0.25, 0.3) is 0 Å². The van der Waals surface area contributed by atoms with E-state index in [2.05, 4.69) is 6.92 Å². The zero-order valence-electron chi connectivity index (χ0n) is 21.3. The van der Waals surface area contributed by atoms with E-state index in [0.717, 1.165) is 34.1 Å². The van der Waals surface area contributed by atoms with Gasteiger partial charge in [-0.25, -0.2) is 0 Å². The van der Waals surface area contributed by atoms with E-state index in [-0.39, 0.29) is 24.5 Å². The van der Waals surface area contributed by atoms with Gasteiger partial charge in [0.1, 0.15) is 18.3 Å². The molecule has 7 nitrogen and oxygen atoms in total. The Morgan fingerprint density at radius 2 is 1.84 bits per heavy atom. The van der Waals surface area contributed by atoms with Gasteiger partial charge in [0.2, 0.25) is 6.79 Å². The molecule has 0 bridgehead atoms. The number of aliphatic imine (C=N–C) groups is 1. The van der Waals surface area contributed by atoms with Gasteiger partial charge >= 0.3 is 5.97 Å². The van der Waals surface area contributed by atoms with E-state index in [9.17, 15) is 9.59 Å². The van der Waals surface area contributed by atoms with Gasteiger partial charge in [0.25, 0.3) is 0 Å². The van der Waals surface area contributed by atoms with Crippen LogP contribution in [0.1, 0.15) is 49.7 Å². The number of hydrogen-bond donors (Lipinski definition) is 0. The Balaban J connectivity index is 1.51. The van der Waals surface area contributed by atoms with Gasteiger partial charge in [-0.15, -0.1) is 0 Å². The predicted octanol–water partition coefficient (Wildman–Crippen LogP) is 5.30. The molecule has 1 aliphatic carbocycles. The molecule has 0 N–H and O–H groups in total. The summed E-state index contributed by atoms with van der Waals surface area (Å²) in [5, 5.41) is 0. The summed E-state index contributed by atoms with van der Waals surface area (Å²) in [6.45, 7) is 4.41. The third-order valence-corrected chi connectivity index (χ3v) is 8.03. The average Bonchev–Trinajstić information content (AvgIpc) is 3.38. The molecule has 2 aliphatic heterocycles. The fourth-order valence-electron chi connectivity index (χ4n) is 5.38. The fourth-order valence-corrected chi connectivity index (χ4v) is 5.87. The number of rotatable bonds is 8.